The highest BCUT2D eigenvalue weighted by Crippen LogP contribution is 2.10. The van der Waals surface area contributed by atoms with Gasteiger partial charge in [-0.05, 0) is 24.6 Å². The normalized spacial score (nSPS) is 10.5. The van der Waals surface area contributed by atoms with Crippen molar-refractivity contribution in [2.24, 2.45) is 5.73 Å². The minimum absolute atomic E-state index is 0.123. The van der Waals surface area contributed by atoms with Crippen LogP contribution in [0.4, 0.5) is 0 Å². The lowest BCUT2D eigenvalue weighted by Crippen LogP contribution is -2.16. The molecule has 0 unspecified atom stereocenters. The van der Waals surface area contributed by atoms with E-state index in [1.54, 1.807) is 10.8 Å². The Morgan fingerprint density at radius 3 is 2.87 bits per heavy atom. The molecule has 15 heavy (non-hydrogen) atoms. The smallest absolute Gasteiger partial charge is 0.326 e. The number of rotatable bonds is 2. The van der Waals surface area contributed by atoms with Gasteiger partial charge in [-0.3, -0.25) is 4.57 Å². The summed E-state index contributed by atoms with van der Waals surface area (Å²) < 4.78 is 1.62. The molecule has 1 aromatic heterocycles. The number of aryl methyl sites for hydroxylation is 1. The Balaban J connectivity index is 2.59. The highest BCUT2D eigenvalue weighted by Gasteiger charge is 2.04. The van der Waals surface area contributed by atoms with Crippen molar-refractivity contribution in [2.45, 2.75) is 13.5 Å². The van der Waals surface area contributed by atoms with Crippen molar-refractivity contribution < 1.29 is 0 Å². The fraction of sp³-hybridized carbons (Fsp3) is 0.182. The maximum atomic E-state index is 11.5. The first-order valence-corrected chi connectivity index (χ1v) is 4.79. The Kier molecular flexibility index (Phi) is 2.43. The van der Waals surface area contributed by atoms with Gasteiger partial charge in [0.1, 0.15) is 0 Å². The quantitative estimate of drug-likeness (QED) is 0.762. The third-order valence-corrected chi connectivity index (χ3v) is 2.36. The highest BCUT2D eigenvalue weighted by atomic mass is 16.1. The minimum atomic E-state index is -0.123. The van der Waals surface area contributed by atoms with Gasteiger partial charge in [0.25, 0.3) is 0 Å². The van der Waals surface area contributed by atoms with Crippen LogP contribution in [0.3, 0.4) is 0 Å². The molecule has 2 rings (SSSR count). The lowest BCUT2D eigenvalue weighted by molar-refractivity contribution is 0.941. The van der Waals surface area contributed by atoms with Gasteiger partial charge in [-0.25, -0.2) is 4.79 Å². The van der Waals surface area contributed by atoms with E-state index in [1.165, 1.54) is 0 Å². The largest absolute Gasteiger partial charge is 0.330 e. The molecule has 0 radical (unpaired) electrons. The van der Waals surface area contributed by atoms with E-state index in [9.17, 15) is 4.79 Å². The second-order valence-electron chi connectivity index (χ2n) is 3.44. The highest BCUT2D eigenvalue weighted by molar-refractivity contribution is 5.37. The molecule has 0 bridgehead atoms. The van der Waals surface area contributed by atoms with E-state index in [0.29, 0.717) is 6.54 Å². The Hall–Kier alpha value is -1.81. The molecule has 0 saturated heterocycles. The lowest BCUT2D eigenvalue weighted by atomic mass is 10.2. The maximum absolute atomic E-state index is 11.5. The summed E-state index contributed by atoms with van der Waals surface area (Å²) in [6.45, 7) is 2.36. The van der Waals surface area contributed by atoms with Gasteiger partial charge in [-0.2, -0.15) is 0 Å². The zero-order valence-electron chi connectivity index (χ0n) is 8.53. The van der Waals surface area contributed by atoms with Crippen LogP contribution in [0.25, 0.3) is 5.69 Å². The molecule has 0 amide bonds. The van der Waals surface area contributed by atoms with Crippen LogP contribution in [0.5, 0.6) is 0 Å². The predicted molar refractivity (Wildman–Crippen MR) is 59.0 cm³/mol. The van der Waals surface area contributed by atoms with Gasteiger partial charge in [-0.15, -0.1) is 0 Å². The topological polar surface area (TPSA) is 63.8 Å². The molecule has 0 saturated carbocycles. The zero-order chi connectivity index (χ0) is 10.8. The molecule has 1 aromatic carbocycles. The average Bonchev–Trinajstić information content (AvgIpc) is 2.59. The molecular formula is C11H13N3O. The Morgan fingerprint density at radius 1 is 1.47 bits per heavy atom. The number of nitrogens with two attached hydrogens (primary N) is 1. The summed E-state index contributed by atoms with van der Waals surface area (Å²) in [6.07, 6.45) is 1.69. The molecule has 0 aliphatic heterocycles. The summed E-state index contributed by atoms with van der Waals surface area (Å²) in [5.41, 5.74) is 8.18. The van der Waals surface area contributed by atoms with Crippen molar-refractivity contribution in [3.8, 4) is 5.69 Å². The van der Waals surface area contributed by atoms with Gasteiger partial charge < -0.3 is 10.7 Å². The van der Waals surface area contributed by atoms with Crippen LogP contribution in [0.2, 0.25) is 0 Å². The molecular weight excluding hydrogens is 190 g/mol. The van der Waals surface area contributed by atoms with E-state index in [4.69, 9.17) is 5.73 Å². The zero-order valence-corrected chi connectivity index (χ0v) is 8.53. The standard InChI is InChI=1S/C11H13N3O/c1-8-7-13-11(15)14(8)10-4-2-3-9(5-10)6-12/h2-5,7H,6,12H2,1H3,(H,13,15). The second-order valence-corrected chi connectivity index (χ2v) is 3.44. The van der Waals surface area contributed by atoms with Crippen molar-refractivity contribution in [1.29, 1.82) is 0 Å². The van der Waals surface area contributed by atoms with Crippen molar-refractivity contribution in [3.63, 3.8) is 0 Å². The van der Waals surface area contributed by atoms with Crippen molar-refractivity contribution in [2.75, 3.05) is 0 Å². The number of nitrogens with zero attached hydrogens (tertiary/aromatic N) is 1. The fourth-order valence-corrected chi connectivity index (χ4v) is 1.60. The van der Waals surface area contributed by atoms with Crippen LogP contribution < -0.4 is 11.4 Å². The first-order chi connectivity index (χ1) is 7.22. The predicted octanol–water partition coefficient (Wildman–Crippen LogP) is 0.933. The number of aromatic amines is 1. The number of H-pyrrole nitrogens is 1. The van der Waals surface area contributed by atoms with Crippen LogP contribution in [0, 0.1) is 6.92 Å². The van der Waals surface area contributed by atoms with Crippen molar-refractivity contribution in [1.82, 2.24) is 9.55 Å². The van der Waals surface area contributed by atoms with Crippen molar-refractivity contribution in [3.05, 3.63) is 52.2 Å². The number of aromatic nitrogens is 2. The SMILES string of the molecule is Cc1c[nH]c(=O)n1-c1cccc(CN)c1. The number of nitrogens with one attached hydrogen (secondary N) is 1. The summed E-state index contributed by atoms with van der Waals surface area (Å²) in [4.78, 5) is 14.2. The number of imidazole rings is 1. The summed E-state index contributed by atoms with van der Waals surface area (Å²) in [5.74, 6) is 0. The molecule has 1 heterocycles. The second kappa shape index (κ2) is 3.74. The van der Waals surface area contributed by atoms with E-state index in [1.807, 2.05) is 31.2 Å². The van der Waals surface area contributed by atoms with E-state index >= 15 is 0 Å². The number of hydrogen-bond acceptors (Lipinski definition) is 2. The fourth-order valence-electron chi connectivity index (χ4n) is 1.60. The minimum Gasteiger partial charge on any atom is -0.326 e. The summed E-state index contributed by atoms with van der Waals surface area (Å²) >= 11 is 0. The van der Waals surface area contributed by atoms with E-state index in [0.717, 1.165) is 16.9 Å². The van der Waals surface area contributed by atoms with Gasteiger partial charge in [0.15, 0.2) is 0 Å². The first-order valence-electron chi connectivity index (χ1n) is 4.79. The van der Waals surface area contributed by atoms with E-state index < -0.39 is 0 Å². The maximum Gasteiger partial charge on any atom is 0.330 e. The molecule has 4 heteroatoms. The summed E-state index contributed by atoms with van der Waals surface area (Å²) in [6, 6.07) is 7.65. The van der Waals surface area contributed by atoms with E-state index in [-0.39, 0.29) is 5.69 Å². The van der Waals surface area contributed by atoms with Gasteiger partial charge in [0, 0.05) is 18.4 Å². The number of benzene rings is 1. The van der Waals surface area contributed by atoms with Crippen LogP contribution in [-0.2, 0) is 6.54 Å². The molecule has 0 fully saturated rings. The van der Waals surface area contributed by atoms with Crippen LogP contribution >= 0.6 is 0 Å². The lowest BCUT2D eigenvalue weighted by Gasteiger charge is -2.05. The van der Waals surface area contributed by atoms with Crippen LogP contribution in [-0.4, -0.2) is 9.55 Å². The Bertz CT molecular complexity index is 525. The molecule has 0 aliphatic rings. The molecule has 78 valence electrons. The van der Waals surface area contributed by atoms with Gasteiger partial charge in [0.05, 0.1) is 5.69 Å². The van der Waals surface area contributed by atoms with Crippen LogP contribution in [0.15, 0.2) is 35.3 Å². The summed E-state index contributed by atoms with van der Waals surface area (Å²) in [5, 5.41) is 0. The molecule has 0 spiro atoms. The molecule has 3 N–H and O–H groups in total. The summed E-state index contributed by atoms with van der Waals surface area (Å²) in [7, 11) is 0. The molecule has 0 atom stereocenters. The third-order valence-electron chi connectivity index (χ3n) is 2.36. The number of hydrogen-bond donors (Lipinski definition) is 2. The molecule has 4 nitrogen and oxygen atoms in total. The third kappa shape index (κ3) is 1.71. The van der Waals surface area contributed by atoms with Gasteiger partial charge in [0.2, 0.25) is 0 Å². The van der Waals surface area contributed by atoms with Gasteiger partial charge in [-0.1, -0.05) is 12.1 Å². The monoisotopic (exact) mass is 203 g/mol. The van der Waals surface area contributed by atoms with Gasteiger partial charge >= 0.3 is 5.69 Å². The van der Waals surface area contributed by atoms with Crippen LogP contribution in [0.1, 0.15) is 11.3 Å². The van der Waals surface area contributed by atoms with Crippen molar-refractivity contribution >= 4 is 0 Å². The first kappa shape index (κ1) is 9.73. The average molecular weight is 203 g/mol. The molecule has 0 aliphatic carbocycles. The Labute approximate surface area is 87.4 Å². The van der Waals surface area contributed by atoms with E-state index in [2.05, 4.69) is 4.98 Å². The molecule has 2 aromatic rings. The Morgan fingerprint density at radius 2 is 2.27 bits per heavy atom.